The highest BCUT2D eigenvalue weighted by Crippen LogP contribution is 2.21. The fourth-order valence-electron chi connectivity index (χ4n) is 2.40. The zero-order chi connectivity index (χ0) is 15.7. The molecule has 0 saturated carbocycles. The number of aryl methyl sites for hydroxylation is 1. The molecule has 0 atom stereocenters. The number of nitrogens with zero attached hydrogens (tertiary/aromatic N) is 1. The maximum absolute atomic E-state index is 12.4. The molecule has 5 nitrogen and oxygen atoms in total. The number of pyridine rings is 1. The van der Waals surface area contributed by atoms with Crippen molar-refractivity contribution >= 4 is 22.6 Å². The number of benzene rings is 2. The van der Waals surface area contributed by atoms with Crippen molar-refractivity contribution in [2.24, 2.45) is 0 Å². The minimum absolute atomic E-state index is 0.00115. The molecule has 5 heteroatoms. The zero-order valence-corrected chi connectivity index (χ0v) is 11.9. The summed E-state index contributed by atoms with van der Waals surface area (Å²) in [6.07, 6.45) is 0. The molecule has 2 aromatic carbocycles. The van der Waals surface area contributed by atoms with Crippen molar-refractivity contribution < 1.29 is 9.90 Å². The number of carbonyl (C=O) groups is 1. The summed E-state index contributed by atoms with van der Waals surface area (Å²) in [4.78, 5) is 24.7. The lowest BCUT2D eigenvalue weighted by molar-refractivity contribution is 0.253. The third kappa shape index (κ3) is 2.44. The van der Waals surface area contributed by atoms with E-state index < -0.39 is 11.6 Å². The van der Waals surface area contributed by atoms with Crippen molar-refractivity contribution in [2.75, 3.05) is 5.32 Å². The van der Waals surface area contributed by atoms with E-state index in [9.17, 15) is 14.7 Å². The van der Waals surface area contributed by atoms with Gasteiger partial charge in [-0.25, -0.2) is 9.36 Å². The standard InChI is InChI=1S/C17H14N2O3/c1-11-9-16(21)19(15-10-13(20)7-8-14(11)15)17(22)18-12-5-3-2-4-6-12/h2-10,20H,1H3,(H,18,22). The molecule has 1 amide bonds. The summed E-state index contributed by atoms with van der Waals surface area (Å²) in [5.74, 6) is -0.00115. The van der Waals surface area contributed by atoms with Gasteiger partial charge < -0.3 is 10.4 Å². The summed E-state index contributed by atoms with van der Waals surface area (Å²) in [5, 5.41) is 13.1. The summed E-state index contributed by atoms with van der Waals surface area (Å²) < 4.78 is 1.02. The van der Waals surface area contributed by atoms with E-state index in [-0.39, 0.29) is 5.75 Å². The molecule has 0 radical (unpaired) electrons. The average molecular weight is 294 g/mol. The largest absolute Gasteiger partial charge is 0.508 e. The Kier molecular flexibility index (Phi) is 3.39. The molecule has 0 aliphatic heterocycles. The molecule has 0 bridgehead atoms. The van der Waals surface area contributed by atoms with Gasteiger partial charge in [-0.2, -0.15) is 0 Å². The highest BCUT2D eigenvalue weighted by molar-refractivity contribution is 5.98. The van der Waals surface area contributed by atoms with Gasteiger partial charge in [0.15, 0.2) is 0 Å². The van der Waals surface area contributed by atoms with E-state index in [2.05, 4.69) is 5.32 Å². The van der Waals surface area contributed by atoms with Gasteiger partial charge in [0, 0.05) is 23.2 Å². The first-order chi connectivity index (χ1) is 10.6. The van der Waals surface area contributed by atoms with Gasteiger partial charge in [0.05, 0.1) is 5.52 Å². The van der Waals surface area contributed by atoms with Crippen molar-refractivity contribution in [3.8, 4) is 5.75 Å². The van der Waals surface area contributed by atoms with Gasteiger partial charge >= 0.3 is 6.03 Å². The van der Waals surface area contributed by atoms with E-state index in [0.717, 1.165) is 15.5 Å². The lowest BCUT2D eigenvalue weighted by atomic mass is 10.1. The molecule has 0 fully saturated rings. The van der Waals surface area contributed by atoms with Crippen LogP contribution in [0.1, 0.15) is 5.56 Å². The van der Waals surface area contributed by atoms with E-state index in [1.807, 2.05) is 6.07 Å². The Bertz CT molecular complexity index is 914. The number of carbonyl (C=O) groups excluding carboxylic acids is 1. The van der Waals surface area contributed by atoms with Gasteiger partial charge in [0.1, 0.15) is 5.75 Å². The smallest absolute Gasteiger partial charge is 0.333 e. The average Bonchev–Trinajstić information content (AvgIpc) is 2.47. The minimum atomic E-state index is -0.563. The second-order valence-electron chi connectivity index (χ2n) is 5.00. The van der Waals surface area contributed by atoms with Crippen LogP contribution in [-0.4, -0.2) is 15.7 Å². The van der Waals surface area contributed by atoms with Crippen LogP contribution >= 0.6 is 0 Å². The summed E-state index contributed by atoms with van der Waals surface area (Å²) in [5.41, 5.74) is 1.28. The molecule has 0 aliphatic rings. The monoisotopic (exact) mass is 294 g/mol. The highest BCUT2D eigenvalue weighted by atomic mass is 16.3. The van der Waals surface area contributed by atoms with Crippen LogP contribution in [0.4, 0.5) is 10.5 Å². The Morgan fingerprint density at radius 2 is 1.82 bits per heavy atom. The molecule has 22 heavy (non-hydrogen) atoms. The Balaban J connectivity index is 2.16. The number of aromatic hydroxyl groups is 1. The van der Waals surface area contributed by atoms with E-state index in [1.165, 1.54) is 18.2 Å². The third-order valence-corrected chi connectivity index (χ3v) is 3.44. The summed E-state index contributed by atoms with van der Waals surface area (Å²) in [6.45, 7) is 1.79. The van der Waals surface area contributed by atoms with Crippen molar-refractivity contribution in [1.82, 2.24) is 4.57 Å². The fraction of sp³-hybridized carbons (Fsp3) is 0.0588. The van der Waals surface area contributed by atoms with E-state index in [0.29, 0.717) is 11.2 Å². The number of phenols is 1. The minimum Gasteiger partial charge on any atom is -0.508 e. The van der Waals surface area contributed by atoms with Crippen LogP contribution in [-0.2, 0) is 0 Å². The van der Waals surface area contributed by atoms with E-state index in [1.54, 1.807) is 37.3 Å². The maximum Gasteiger partial charge on any atom is 0.333 e. The molecule has 1 heterocycles. The molecule has 0 saturated heterocycles. The first-order valence-electron chi connectivity index (χ1n) is 6.78. The Hall–Kier alpha value is -3.08. The lowest BCUT2D eigenvalue weighted by Gasteiger charge is -2.12. The zero-order valence-electron chi connectivity index (χ0n) is 11.9. The van der Waals surface area contributed by atoms with Crippen molar-refractivity contribution in [3.63, 3.8) is 0 Å². The van der Waals surface area contributed by atoms with Gasteiger partial charge in [-0.1, -0.05) is 18.2 Å². The quantitative estimate of drug-likeness (QED) is 0.724. The number of rotatable bonds is 1. The summed E-state index contributed by atoms with van der Waals surface area (Å²) in [6, 6.07) is 14.3. The topological polar surface area (TPSA) is 71.3 Å². The van der Waals surface area contributed by atoms with Crippen molar-refractivity contribution in [3.05, 3.63) is 70.5 Å². The first kappa shape index (κ1) is 13.9. The van der Waals surface area contributed by atoms with Crippen molar-refractivity contribution in [1.29, 1.82) is 0 Å². The molecule has 0 aliphatic carbocycles. The normalized spacial score (nSPS) is 10.6. The number of phenolic OH excluding ortho intramolecular Hbond substituents is 1. The SMILES string of the molecule is Cc1cc(=O)n(C(=O)Nc2ccccc2)c2cc(O)ccc12. The van der Waals surface area contributed by atoms with Gasteiger partial charge in [-0.3, -0.25) is 4.79 Å². The molecule has 2 N–H and O–H groups in total. The summed E-state index contributed by atoms with van der Waals surface area (Å²) in [7, 11) is 0. The number of amides is 1. The Labute approximate surface area is 126 Å². The van der Waals surface area contributed by atoms with Crippen LogP contribution in [0.2, 0.25) is 0 Å². The van der Waals surface area contributed by atoms with Gasteiger partial charge in [-0.15, -0.1) is 0 Å². The Morgan fingerprint density at radius 3 is 2.55 bits per heavy atom. The number of nitrogens with one attached hydrogen (secondary N) is 1. The Morgan fingerprint density at radius 1 is 1.09 bits per heavy atom. The number of hydrogen-bond acceptors (Lipinski definition) is 3. The predicted octanol–water partition coefficient (Wildman–Crippen LogP) is 3.10. The molecule has 3 rings (SSSR count). The van der Waals surface area contributed by atoms with E-state index in [4.69, 9.17) is 0 Å². The number of para-hydroxylation sites is 1. The maximum atomic E-state index is 12.4. The number of aromatic nitrogens is 1. The lowest BCUT2D eigenvalue weighted by Crippen LogP contribution is -2.31. The van der Waals surface area contributed by atoms with Crippen LogP contribution in [0.15, 0.2) is 59.4 Å². The van der Waals surface area contributed by atoms with Crippen LogP contribution in [0, 0.1) is 6.92 Å². The van der Waals surface area contributed by atoms with Crippen LogP contribution < -0.4 is 10.9 Å². The molecule has 1 aromatic heterocycles. The number of anilines is 1. The van der Waals surface area contributed by atoms with Crippen LogP contribution in [0.3, 0.4) is 0 Å². The predicted molar refractivity (Wildman–Crippen MR) is 85.5 cm³/mol. The highest BCUT2D eigenvalue weighted by Gasteiger charge is 2.13. The molecule has 110 valence electrons. The second kappa shape index (κ2) is 5.37. The molecular weight excluding hydrogens is 280 g/mol. The third-order valence-electron chi connectivity index (χ3n) is 3.44. The molecular formula is C17H14N2O3. The van der Waals surface area contributed by atoms with Crippen LogP contribution in [0.5, 0.6) is 5.75 Å². The molecule has 0 spiro atoms. The van der Waals surface area contributed by atoms with Gasteiger partial charge in [0.25, 0.3) is 5.56 Å². The second-order valence-corrected chi connectivity index (χ2v) is 5.00. The van der Waals surface area contributed by atoms with E-state index >= 15 is 0 Å². The molecule has 0 unspecified atom stereocenters. The summed E-state index contributed by atoms with van der Waals surface area (Å²) >= 11 is 0. The van der Waals surface area contributed by atoms with Gasteiger partial charge in [-0.05, 0) is 36.8 Å². The van der Waals surface area contributed by atoms with Crippen LogP contribution in [0.25, 0.3) is 10.9 Å². The number of fused-ring (bicyclic) bond motifs is 1. The van der Waals surface area contributed by atoms with Crippen molar-refractivity contribution in [2.45, 2.75) is 6.92 Å². The van der Waals surface area contributed by atoms with Gasteiger partial charge in [0.2, 0.25) is 0 Å². The first-order valence-corrected chi connectivity index (χ1v) is 6.78. The fourth-order valence-corrected chi connectivity index (χ4v) is 2.40. The molecule has 3 aromatic rings. The number of hydrogen-bond donors (Lipinski definition) is 2.